The highest BCUT2D eigenvalue weighted by Gasteiger charge is 2.32. The maximum absolute atomic E-state index is 12.8. The molecule has 1 aliphatic rings. The van der Waals surface area contributed by atoms with Gasteiger partial charge in [0.15, 0.2) is 5.11 Å². The molecule has 126 valence electrons. The molecule has 2 aromatic rings. The minimum Gasteiger partial charge on any atom is -0.327 e. The van der Waals surface area contributed by atoms with Crippen molar-refractivity contribution in [3.8, 4) is 0 Å². The Morgan fingerprint density at radius 2 is 2.00 bits per heavy atom. The van der Waals surface area contributed by atoms with Gasteiger partial charge >= 0.3 is 0 Å². The van der Waals surface area contributed by atoms with Crippen LogP contribution in [-0.4, -0.2) is 15.9 Å². The Hall–Kier alpha value is -3.06. The maximum atomic E-state index is 12.8. The van der Waals surface area contributed by atoms with E-state index in [9.17, 15) is 14.9 Å². The lowest BCUT2D eigenvalue weighted by Gasteiger charge is -2.17. The lowest BCUT2D eigenvalue weighted by atomic mass is 10.1. The zero-order valence-corrected chi connectivity index (χ0v) is 14.2. The number of carbonyl (C=O) groups excluding carboxylic acids is 1. The number of nitrogens with zero attached hydrogens (tertiary/aromatic N) is 2. The molecule has 7 heteroatoms. The number of anilines is 1. The summed E-state index contributed by atoms with van der Waals surface area (Å²) in [6, 6.07) is 13.7. The molecule has 0 aliphatic carbocycles. The lowest BCUT2D eigenvalue weighted by Crippen LogP contribution is -2.31. The number of hydrogen-bond donors (Lipinski definition) is 1. The maximum Gasteiger partial charge on any atom is 0.281 e. The van der Waals surface area contributed by atoms with Crippen LogP contribution in [0.15, 0.2) is 54.2 Å². The number of thiocarbonyl (C=S) groups is 1. The largest absolute Gasteiger partial charge is 0.327 e. The van der Waals surface area contributed by atoms with Crippen LogP contribution in [0.2, 0.25) is 0 Å². The summed E-state index contributed by atoms with van der Waals surface area (Å²) in [7, 11) is 0. The molecule has 0 radical (unpaired) electrons. The van der Waals surface area contributed by atoms with Crippen molar-refractivity contribution in [3.63, 3.8) is 0 Å². The van der Waals surface area contributed by atoms with Crippen molar-refractivity contribution in [2.24, 2.45) is 0 Å². The Labute approximate surface area is 149 Å². The summed E-state index contributed by atoms with van der Waals surface area (Å²) in [5, 5.41) is 14.1. The topological polar surface area (TPSA) is 75.5 Å². The van der Waals surface area contributed by atoms with Crippen LogP contribution in [0.25, 0.3) is 6.08 Å². The van der Waals surface area contributed by atoms with Crippen molar-refractivity contribution in [3.05, 3.63) is 75.5 Å². The first kappa shape index (κ1) is 16.8. The van der Waals surface area contributed by atoms with Gasteiger partial charge in [-0.2, -0.15) is 0 Å². The molecule has 0 bridgehead atoms. The van der Waals surface area contributed by atoms with Crippen molar-refractivity contribution in [1.29, 1.82) is 0 Å². The number of nitrogens with one attached hydrogen (secondary N) is 1. The third-order valence-corrected chi connectivity index (χ3v) is 4.17. The second-order valence-corrected chi connectivity index (χ2v) is 5.85. The molecular formula is C18H15N3O3S. The number of nitro benzene ring substituents is 1. The van der Waals surface area contributed by atoms with Gasteiger partial charge in [0.2, 0.25) is 0 Å². The van der Waals surface area contributed by atoms with Gasteiger partial charge in [0, 0.05) is 12.1 Å². The lowest BCUT2D eigenvalue weighted by molar-refractivity contribution is -0.384. The van der Waals surface area contributed by atoms with Gasteiger partial charge in [-0.3, -0.25) is 19.8 Å². The molecule has 1 amide bonds. The van der Waals surface area contributed by atoms with E-state index in [1.54, 1.807) is 18.2 Å². The average Bonchev–Trinajstić information content (AvgIpc) is 2.88. The van der Waals surface area contributed by atoms with Crippen LogP contribution in [-0.2, 0) is 11.2 Å². The van der Waals surface area contributed by atoms with Gasteiger partial charge in [-0.05, 0) is 41.9 Å². The highest BCUT2D eigenvalue weighted by atomic mass is 32.1. The Bertz CT molecular complexity index is 908. The third kappa shape index (κ3) is 3.27. The molecule has 1 heterocycles. The van der Waals surface area contributed by atoms with Crippen molar-refractivity contribution < 1.29 is 9.72 Å². The normalized spacial score (nSPS) is 15.6. The van der Waals surface area contributed by atoms with Crippen LogP contribution in [0.1, 0.15) is 18.1 Å². The number of aryl methyl sites for hydroxylation is 1. The Morgan fingerprint density at radius 1 is 1.24 bits per heavy atom. The second-order valence-electron chi connectivity index (χ2n) is 5.46. The van der Waals surface area contributed by atoms with E-state index < -0.39 is 4.92 Å². The Balaban J connectivity index is 1.96. The Morgan fingerprint density at radius 3 is 2.72 bits per heavy atom. The van der Waals surface area contributed by atoms with Crippen LogP contribution in [0.4, 0.5) is 11.4 Å². The highest BCUT2D eigenvalue weighted by Crippen LogP contribution is 2.27. The smallest absolute Gasteiger partial charge is 0.281 e. The molecular weight excluding hydrogens is 338 g/mol. The number of amides is 1. The Kier molecular flexibility index (Phi) is 4.58. The molecule has 3 rings (SSSR count). The van der Waals surface area contributed by atoms with Crippen LogP contribution in [0.3, 0.4) is 0 Å². The first-order valence-electron chi connectivity index (χ1n) is 7.70. The molecule has 0 aromatic heterocycles. The number of nitro groups is 1. The molecule has 1 N–H and O–H groups in total. The molecule has 0 saturated carbocycles. The van der Waals surface area contributed by atoms with Crippen LogP contribution >= 0.6 is 12.2 Å². The predicted molar refractivity (Wildman–Crippen MR) is 100 cm³/mol. The van der Waals surface area contributed by atoms with Crippen molar-refractivity contribution in [2.45, 2.75) is 13.3 Å². The van der Waals surface area contributed by atoms with E-state index in [1.807, 2.05) is 31.2 Å². The van der Waals surface area contributed by atoms with E-state index in [4.69, 9.17) is 12.2 Å². The van der Waals surface area contributed by atoms with E-state index in [1.165, 1.54) is 17.0 Å². The molecule has 25 heavy (non-hydrogen) atoms. The number of carbonyl (C=O) groups is 1. The molecule has 0 atom stereocenters. The van der Waals surface area contributed by atoms with E-state index in [0.29, 0.717) is 10.7 Å². The van der Waals surface area contributed by atoms with E-state index >= 15 is 0 Å². The monoisotopic (exact) mass is 353 g/mol. The standard InChI is InChI=1S/C18H15N3O3S/c1-2-13-7-3-4-9-16(13)20-17(22)15(19-18(20)25)11-12-6-5-8-14(10-12)21(23)24/h3-11H,2H2,1H3,(H,19,25)/b15-11+. The molecule has 0 unspecified atom stereocenters. The number of non-ortho nitro benzene ring substituents is 1. The van der Waals surface area contributed by atoms with Crippen molar-refractivity contribution in [2.75, 3.05) is 4.90 Å². The fourth-order valence-electron chi connectivity index (χ4n) is 2.68. The van der Waals surface area contributed by atoms with Crippen LogP contribution in [0, 0.1) is 10.1 Å². The van der Waals surface area contributed by atoms with Crippen LogP contribution < -0.4 is 10.2 Å². The first-order valence-corrected chi connectivity index (χ1v) is 8.11. The number of rotatable bonds is 4. The molecule has 1 saturated heterocycles. The van der Waals surface area contributed by atoms with E-state index in [-0.39, 0.29) is 17.3 Å². The molecule has 1 fully saturated rings. The SMILES string of the molecule is CCc1ccccc1N1C(=O)/C(=C\c2cccc([N+](=O)[O-])c2)NC1=S. The molecule has 6 nitrogen and oxygen atoms in total. The summed E-state index contributed by atoms with van der Waals surface area (Å²) < 4.78 is 0. The fraction of sp³-hybridized carbons (Fsp3) is 0.111. The van der Waals surface area contributed by atoms with Crippen molar-refractivity contribution >= 4 is 40.7 Å². The summed E-state index contributed by atoms with van der Waals surface area (Å²) in [5.74, 6) is -0.280. The zero-order chi connectivity index (χ0) is 18.0. The molecule has 1 aliphatic heterocycles. The predicted octanol–water partition coefficient (Wildman–Crippen LogP) is 3.42. The van der Waals surface area contributed by atoms with Gasteiger partial charge in [0.05, 0.1) is 10.6 Å². The summed E-state index contributed by atoms with van der Waals surface area (Å²) in [5.41, 5.74) is 2.57. The minimum atomic E-state index is -0.472. The van der Waals surface area contributed by atoms with Gasteiger partial charge < -0.3 is 5.32 Å². The molecule has 2 aromatic carbocycles. The van der Waals surface area contributed by atoms with Gasteiger partial charge in [0.1, 0.15) is 5.70 Å². The summed E-state index contributed by atoms with van der Waals surface area (Å²) >= 11 is 5.31. The van der Waals surface area contributed by atoms with Crippen LogP contribution in [0.5, 0.6) is 0 Å². The van der Waals surface area contributed by atoms with Gasteiger partial charge in [0.25, 0.3) is 11.6 Å². The highest BCUT2D eigenvalue weighted by molar-refractivity contribution is 7.80. The fourth-order valence-corrected chi connectivity index (χ4v) is 2.97. The summed E-state index contributed by atoms with van der Waals surface area (Å²) in [4.78, 5) is 24.7. The van der Waals surface area contributed by atoms with Gasteiger partial charge in [-0.25, -0.2) is 0 Å². The van der Waals surface area contributed by atoms with E-state index in [0.717, 1.165) is 17.7 Å². The number of para-hydroxylation sites is 1. The first-order chi connectivity index (χ1) is 12.0. The van der Waals surface area contributed by atoms with E-state index in [2.05, 4.69) is 5.32 Å². The summed E-state index contributed by atoms with van der Waals surface area (Å²) in [6.45, 7) is 2.01. The average molecular weight is 353 g/mol. The molecule has 0 spiro atoms. The number of benzene rings is 2. The van der Waals surface area contributed by atoms with Crippen molar-refractivity contribution in [1.82, 2.24) is 5.32 Å². The minimum absolute atomic E-state index is 0.0319. The van der Waals surface area contributed by atoms with Gasteiger partial charge in [-0.15, -0.1) is 0 Å². The summed E-state index contributed by atoms with van der Waals surface area (Å²) in [6.07, 6.45) is 2.34. The van der Waals surface area contributed by atoms with Gasteiger partial charge in [-0.1, -0.05) is 37.3 Å². The second kappa shape index (κ2) is 6.82. The zero-order valence-electron chi connectivity index (χ0n) is 13.4. The number of hydrogen-bond acceptors (Lipinski definition) is 4. The quantitative estimate of drug-likeness (QED) is 0.394. The third-order valence-electron chi connectivity index (χ3n) is 3.88.